The molecule has 0 saturated carbocycles. The lowest BCUT2D eigenvalue weighted by Gasteiger charge is -2.21. The molecule has 1 aliphatic heterocycles. The molecule has 7 N–H and O–H groups in total. The highest BCUT2D eigenvalue weighted by atomic mass is 31.3. The molecule has 0 amide bonds. The Morgan fingerprint density at radius 3 is 1.95 bits per heavy atom. The topological polar surface area (TPSA) is 286 Å². The third-order valence-corrected chi connectivity index (χ3v) is 13.5. The SMILES string of the molecule is CC/C=C\CC(O)/C=C/C=C/C/C=C\C/C=C\C/C=C\CCC(=O)OC[C@H](COP(=O)(O)OP(=O)(O)OC[C@H]1O[C@@H](n2ccc(N)nc2=O)[C@H](O)[C@@H]1O)OC(=O)CCC/C=C\C/C=C\C/C=C\CCCCCCCC. The molecule has 0 spiro atoms. The summed E-state index contributed by atoms with van der Waals surface area (Å²) in [6, 6.07) is 1.24. The highest BCUT2D eigenvalue weighted by molar-refractivity contribution is 7.61. The number of phosphoric ester groups is 2. The van der Waals surface area contributed by atoms with Crippen LogP contribution in [0.4, 0.5) is 5.82 Å². The summed E-state index contributed by atoms with van der Waals surface area (Å²) in [6.07, 6.45) is 43.8. The number of allylic oxidation sites excluding steroid dienone is 16. The molecule has 0 radical (unpaired) electrons. The third kappa shape index (κ3) is 33.2. The summed E-state index contributed by atoms with van der Waals surface area (Å²) in [5, 5.41) is 30.8. The second-order valence-electron chi connectivity index (χ2n) is 17.5. The lowest BCUT2D eigenvalue weighted by molar-refractivity contribution is -0.161. The number of anilines is 1. The Bertz CT molecular complexity index is 2200. The maximum atomic E-state index is 12.9. The van der Waals surface area contributed by atoms with E-state index < -0.39 is 89.8 Å². The molecule has 2 heterocycles. The van der Waals surface area contributed by atoms with Gasteiger partial charge in [-0.2, -0.15) is 9.29 Å². The van der Waals surface area contributed by atoms with Gasteiger partial charge in [-0.05, 0) is 83.1 Å². The number of hydrogen-bond acceptors (Lipinski definition) is 16. The Hall–Kier alpha value is -4.62. The van der Waals surface area contributed by atoms with Crippen molar-refractivity contribution in [3.05, 3.63) is 132 Å². The van der Waals surface area contributed by atoms with Crippen molar-refractivity contribution in [3.63, 3.8) is 0 Å². The number of nitrogens with two attached hydrogens (primary N) is 1. The average Bonchev–Trinajstić information content (AvgIpc) is 3.64. The van der Waals surface area contributed by atoms with E-state index >= 15 is 0 Å². The van der Waals surface area contributed by atoms with Crippen LogP contribution in [0.25, 0.3) is 0 Å². The van der Waals surface area contributed by atoms with E-state index in [1.165, 1.54) is 44.6 Å². The number of unbranched alkanes of at least 4 members (excludes halogenated alkanes) is 7. The monoisotopic (exact) mass is 1090 g/mol. The molecule has 21 heteroatoms. The Labute approximate surface area is 443 Å². The Kier molecular flexibility index (Phi) is 36.0. The number of esters is 2. The molecule has 0 aromatic carbocycles. The van der Waals surface area contributed by atoms with Crippen molar-refractivity contribution in [3.8, 4) is 0 Å². The van der Waals surface area contributed by atoms with E-state index in [4.69, 9.17) is 29.0 Å². The fraction of sp³-hybridized carbons (Fsp3) is 0.556. The molecule has 3 unspecified atom stereocenters. The van der Waals surface area contributed by atoms with Gasteiger partial charge < -0.3 is 45.1 Å². The lowest BCUT2D eigenvalue weighted by atomic mass is 10.1. The number of aromatic nitrogens is 2. The first-order chi connectivity index (χ1) is 36.1. The zero-order chi connectivity index (χ0) is 55.0. The summed E-state index contributed by atoms with van der Waals surface area (Å²) in [7, 11) is -10.9. The summed E-state index contributed by atoms with van der Waals surface area (Å²) in [5.74, 6) is -1.50. The maximum Gasteiger partial charge on any atom is 0.481 e. The van der Waals surface area contributed by atoms with Gasteiger partial charge in [0.2, 0.25) is 0 Å². The van der Waals surface area contributed by atoms with Gasteiger partial charge in [-0.1, -0.05) is 155 Å². The molecule has 8 atom stereocenters. The number of carbonyl (C=O) groups is 2. The largest absolute Gasteiger partial charge is 0.481 e. The van der Waals surface area contributed by atoms with Crippen molar-refractivity contribution in [2.45, 2.75) is 173 Å². The molecule has 0 aliphatic carbocycles. The van der Waals surface area contributed by atoms with E-state index in [9.17, 15) is 48.6 Å². The quantitative estimate of drug-likeness (QED) is 0.0117. The average molecular weight is 1090 g/mol. The third-order valence-electron chi connectivity index (χ3n) is 10.9. The second kappa shape index (κ2) is 40.6. The number of aliphatic hydroxyl groups is 3. The van der Waals surface area contributed by atoms with Gasteiger partial charge in [0.25, 0.3) is 0 Å². The zero-order valence-electron chi connectivity index (χ0n) is 43.7. The summed E-state index contributed by atoms with van der Waals surface area (Å²) < 4.78 is 56.6. The molecule has 75 heavy (non-hydrogen) atoms. The van der Waals surface area contributed by atoms with Gasteiger partial charge in [-0.15, -0.1) is 0 Å². The van der Waals surface area contributed by atoms with Crippen LogP contribution in [0.15, 0.2) is 126 Å². The van der Waals surface area contributed by atoms with E-state index in [2.05, 4.69) is 40.5 Å². The summed E-state index contributed by atoms with van der Waals surface area (Å²) in [5.41, 5.74) is 4.57. The highest BCUT2D eigenvalue weighted by Crippen LogP contribution is 2.60. The van der Waals surface area contributed by atoms with Crippen LogP contribution in [-0.4, -0.2) is 96.9 Å². The van der Waals surface area contributed by atoms with Crippen LogP contribution in [0, 0.1) is 0 Å². The van der Waals surface area contributed by atoms with Crippen LogP contribution in [0.5, 0.6) is 0 Å². The fourth-order valence-electron chi connectivity index (χ4n) is 6.91. The van der Waals surface area contributed by atoms with Gasteiger partial charge in [0.1, 0.15) is 30.7 Å². The van der Waals surface area contributed by atoms with Crippen molar-refractivity contribution in [2.24, 2.45) is 0 Å². The van der Waals surface area contributed by atoms with Crippen LogP contribution >= 0.6 is 15.6 Å². The molecule has 1 fully saturated rings. The summed E-state index contributed by atoms with van der Waals surface area (Å²) >= 11 is 0. The molecule has 19 nitrogen and oxygen atoms in total. The molecule has 0 bridgehead atoms. The van der Waals surface area contributed by atoms with E-state index in [1.54, 1.807) is 6.08 Å². The van der Waals surface area contributed by atoms with Gasteiger partial charge in [-0.25, -0.2) is 13.9 Å². The van der Waals surface area contributed by atoms with Crippen molar-refractivity contribution < 1.29 is 71.4 Å². The number of aliphatic hydroxyl groups excluding tert-OH is 3. The zero-order valence-corrected chi connectivity index (χ0v) is 45.4. The molecule has 2 rings (SSSR count). The number of carbonyl (C=O) groups excluding carboxylic acids is 2. The number of rotatable bonds is 41. The first-order valence-corrected chi connectivity index (χ1v) is 29.0. The maximum absolute atomic E-state index is 12.9. The van der Waals surface area contributed by atoms with Crippen LogP contribution in [0.3, 0.4) is 0 Å². The minimum Gasteiger partial charge on any atom is -0.462 e. The van der Waals surface area contributed by atoms with Crippen molar-refractivity contribution >= 4 is 33.4 Å². The van der Waals surface area contributed by atoms with Crippen molar-refractivity contribution in [1.29, 1.82) is 0 Å². The number of nitrogen functional groups attached to an aromatic ring is 1. The lowest BCUT2D eigenvalue weighted by Crippen LogP contribution is -2.36. The molecule has 1 aliphatic rings. The number of nitrogens with zero attached hydrogens (tertiary/aromatic N) is 2. The van der Waals surface area contributed by atoms with E-state index in [0.29, 0.717) is 32.1 Å². The predicted molar refractivity (Wildman–Crippen MR) is 290 cm³/mol. The second-order valence-corrected chi connectivity index (χ2v) is 20.5. The first-order valence-electron chi connectivity index (χ1n) is 26.0. The number of hydrogen-bond donors (Lipinski definition) is 6. The predicted octanol–water partition coefficient (Wildman–Crippen LogP) is 9.97. The summed E-state index contributed by atoms with van der Waals surface area (Å²) in [4.78, 5) is 61.9. The van der Waals surface area contributed by atoms with E-state index in [-0.39, 0.29) is 18.7 Å². The highest BCUT2D eigenvalue weighted by Gasteiger charge is 2.46. The van der Waals surface area contributed by atoms with Crippen LogP contribution in [0.2, 0.25) is 0 Å². The minimum atomic E-state index is -5.46. The Morgan fingerprint density at radius 2 is 1.31 bits per heavy atom. The fourth-order valence-corrected chi connectivity index (χ4v) is 9.02. The molecular weight excluding hydrogens is 1010 g/mol. The molecular formula is C54H83N3O16P2. The first kappa shape index (κ1) is 66.5. The number of ether oxygens (including phenoxy) is 3. The van der Waals surface area contributed by atoms with Gasteiger partial charge in [0, 0.05) is 19.0 Å². The molecule has 1 saturated heterocycles. The van der Waals surface area contributed by atoms with E-state index in [0.717, 1.165) is 49.3 Å². The van der Waals surface area contributed by atoms with Gasteiger partial charge in [0.15, 0.2) is 12.3 Å². The van der Waals surface area contributed by atoms with Crippen LogP contribution in [0.1, 0.15) is 142 Å². The van der Waals surface area contributed by atoms with Gasteiger partial charge in [-0.3, -0.25) is 23.2 Å². The van der Waals surface area contributed by atoms with Crippen molar-refractivity contribution in [1.82, 2.24) is 9.55 Å². The van der Waals surface area contributed by atoms with Crippen LogP contribution < -0.4 is 11.4 Å². The van der Waals surface area contributed by atoms with Gasteiger partial charge >= 0.3 is 33.3 Å². The van der Waals surface area contributed by atoms with Gasteiger partial charge in [0.05, 0.1) is 19.3 Å². The Balaban J connectivity index is 1.86. The Morgan fingerprint density at radius 1 is 0.720 bits per heavy atom. The van der Waals surface area contributed by atoms with E-state index in [1.807, 2.05) is 85.9 Å². The normalized spacial score (nSPS) is 20.1. The standard InChI is InChI=1S/C54H83N3O16P2/c1-3-5-7-8-9-10-11-12-13-14-15-18-22-25-28-31-35-39-50(60)71-46(42-68-49(59)38-34-30-27-24-21-19-16-17-20-23-26-29-33-37-45(58)36-32-6-4-2)43-69-74(64,65)73-75(66,67)70-44-47-51(61)52(62)53(72-47)57-41-40-48(55)56-54(57)63/h6,12-13,15,17-21,25-30,32-33,37,40-41,45-47,51-53,58,61-62H,3-5,7-11,14,16,22-24,31,34-36,38-39,42-44H2,1-2H3,(H,64,65)(H,66,67)(H2,55,56,63)/b13-12-,18-15-,20-17-,21-19-,28-25-,29-26+,30-27-,32-6-,37-33+/t45?,46-,47-,51-,52-,53-/m1/s1. The minimum absolute atomic E-state index is 0.0308. The molecule has 1 aromatic rings. The summed E-state index contributed by atoms with van der Waals surface area (Å²) in [6.45, 7) is 1.80. The van der Waals surface area contributed by atoms with Crippen molar-refractivity contribution in [2.75, 3.05) is 25.6 Å². The van der Waals surface area contributed by atoms with Crippen LogP contribution in [-0.2, 0) is 46.3 Å². The number of phosphoric acid groups is 2. The molecule has 420 valence electrons. The smallest absolute Gasteiger partial charge is 0.462 e. The molecule has 1 aromatic heterocycles.